The second-order valence-corrected chi connectivity index (χ2v) is 3.55. The molecular weight excluding hydrogens is 195 g/mol. The van der Waals surface area contributed by atoms with Crippen molar-refractivity contribution in [2.24, 2.45) is 4.99 Å². The van der Waals surface area contributed by atoms with Crippen molar-refractivity contribution in [3.63, 3.8) is 0 Å². The van der Waals surface area contributed by atoms with Gasteiger partial charge in [0, 0.05) is 6.04 Å². The van der Waals surface area contributed by atoms with Gasteiger partial charge in [-0.1, -0.05) is 6.07 Å². The SMILES string of the molecule is COc1cccc(F)c1C1=NCC(C)N1. The zero-order chi connectivity index (χ0) is 10.8. The number of hydrogen-bond donors (Lipinski definition) is 1. The van der Waals surface area contributed by atoms with Crippen molar-refractivity contribution in [3.8, 4) is 5.75 Å². The summed E-state index contributed by atoms with van der Waals surface area (Å²) in [5, 5.41) is 3.12. The molecule has 80 valence electrons. The van der Waals surface area contributed by atoms with Crippen LogP contribution in [0.15, 0.2) is 23.2 Å². The molecule has 4 heteroatoms. The maximum atomic E-state index is 13.6. The first-order valence-corrected chi connectivity index (χ1v) is 4.86. The molecule has 1 aliphatic heterocycles. The summed E-state index contributed by atoms with van der Waals surface area (Å²) in [4.78, 5) is 4.24. The van der Waals surface area contributed by atoms with Gasteiger partial charge in [0.05, 0.1) is 19.2 Å². The van der Waals surface area contributed by atoms with E-state index in [1.807, 2.05) is 6.92 Å². The van der Waals surface area contributed by atoms with Gasteiger partial charge < -0.3 is 10.1 Å². The van der Waals surface area contributed by atoms with Crippen LogP contribution in [0.2, 0.25) is 0 Å². The van der Waals surface area contributed by atoms with E-state index in [4.69, 9.17) is 4.74 Å². The number of benzene rings is 1. The van der Waals surface area contributed by atoms with Crippen LogP contribution >= 0.6 is 0 Å². The number of amidine groups is 1. The standard InChI is InChI=1S/C11H13FN2O/c1-7-6-13-11(14-7)10-8(12)4-3-5-9(10)15-2/h3-5,7H,6H2,1-2H3,(H,13,14). The lowest BCUT2D eigenvalue weighted by Gasteiger charge is -2.11. The molecule has 0 aromatic heterocycles. The van der Waals surface area contributed by atoms with Gasteiger partial charge in [-0.25, -0.2) is 4.39 Å². The Kier molecular flexibility index (Phi) is 2.58. The summed E-state index contributed by atoms with van der Waals surface area (Å²) >= 11 is 0. The molecule has 1 unspecified atom stereocenters. The van der Waals surface area contributed by atoms with Crippen LogP contribution in [0.5, 0.6) is 5.75 Å². The van der Waals surface area contributed by atoms with E-state index in [-0.39, 0.29) is 11.9 Å². The van der Waals surface area contributed by atoms with Crippen LogP contribution in [-0.4, -0.2) is 25.5 Å². The van der Waals surface area contributed by atoms with Gasteiger partial charge in [-0.3, -0.25) is 4.99 Å². The average Bonchev–Trinajstić information content (AvgIpc) is 2.64. The van der Waals surface area contributed by atoms with Gasteiger partial charge in [-0.15, -0.1) is 0 Å². The fourth-order valence-electron chi connectivity index (χ4n) is 1.61. The predicted octanol–water partition coefficient (Wildman–Crippen LogP) is 1.57. The molecule has 0 saturated carbocycles. The van der Waals surface area contributed by atoms with Gasteiger partial charge in [-0.2, -0.15) is 0 Å². The lowest BCUT2D eigenvalue weighted by molar-refractivity contribution is 0.410. The third-order valence-corrected chi connectivity index (χ3v) is 2.34. The Morgan fingerprint density at radius 3 is 2.93 bits per heavy atom. The van der Waals surface area contributed by atoms with Crippen molar-refractivity contribution >= 4 is 5.84 Å². The molecule has 1 aromatic rings. The maximum absolute atomic E-state index is 13.6. The Labute approximate surface area is 88.0 Å². The van der Waals surface area contributed by atoms with Crippen LogP contribution in [0.1, 0.15) is 12.5 Å². The largest absolute Gasteiger partial charge is 0.496 e. The predicted molar refractivity (Wildman–Crippen MR) is 57.0 cm³/mol. The molecule has 1 atom stereocenters. The normalized spacial score (nSPS) is 19.7. The lowest BCUT2D eigenvalue weighted by Crippen LogP contribution is -2.28. The highest BCUT2D eigenvalue weighted by Crippen LogP contribution is 2.22. The van der Waals surface area contributed by atoms with E-state index >= 15 is 0 Å². The van der Waals surface area contributed by atoms with Gasteiger partial charge in [0.15, 0.2) is 0 Å². The zero-order valence-electron chi connectivity index (χ0n) is 8.75. The number of hydrogen-bond acceptors (Lipinski definition) is 3. The van der Waals surface area contributed by atoms with E-state index in [0.717, 1.165) is 0 Å². The van der Waals surface area contributed by atoms with Crippen LogP contribution in [0.3, 0.4) is 0 Å². The number of ether oxygens (including phenoxy) is 1. The first-order valence-electron chi connectivity index (χ1n) is 4.86. The molecule has 15 heavy (non-hydrogen) atoms. The van der Waals surface area contributed by atoms with Crippen molar-refractivity contribution < 1.29 is 9.13 Å². The molecule has 0 saturated heterocycles. The third kappa shape index (κ3) is 1.79. The van der Waals surface area contributed by atoms with Crippen molar-refractivity contribution in [1.29, 1.82) is 0 Å². The van der Waals surface area contributed by atoms with E-state index in [0.29, 0.717) is 23.7 Å². The Hall–Kier alpha value is -1.58. The first-order chi connectivity index (χ1) is 7.22. The number of halogens is 1. The summed E-state index contributed by atoms with van der Waals surface area (Å²) < 4.78 is 18.7. The number of aliphatic imine (C=N–C) groups is 1. The number of nitrogens with zero attached hydrogens (tertiary/aromatic N) is 1. The quantitative estimate of drug-likeness (QED) is 0.800. The maximum Gasteiger partial charge on any atom is 0.137 e. The monoisotopic (exact) mass is 208 g/mol. The number of rotatable bonds is 2. The number of nitrogens with one attached hydrogen (secondary N) is 1. The van der Waals surface area contributed by atoms with Crippen LogP contribution in [-0.2, 0) is 0 Å². The van der Waals surface area contributed by atoms with Crippen molar-refractivity contribution in [2.75, 3.05) is 13.7 Å². The summed E-state index contributed by atoms with van der Waals surface area (Å²) in [5.41, 5.74) is 0.421. The van der Waals surface area contributed by atoms with E-state index in [1.54, 1.807) is 12.1 Å². The molecular formula is C11H13FN2O. The summed E-state index contributed by atoms with van der Waals surface area (Å²) in [6, 6.07) is 5.01. The highest BCUT2D eigenvalue weighted by atomic mass is 19.1. The molecule has 0 radical (unpaired) electrons. The Morgan fingerprint density at radius 2 is 2.33 bits per heavy atom. The molecule has 1 N–H and O–H groups in total. The summed E-state index contributed by atoms with van der Waals surface area (Å²) in [5.74, 6) is 0.780. The highest BCUT2D eigenvalue weighted by molar-refractivity contribution is 6.02. The van der Waals surface area contributed by atoms with Gasteiger partial charge in [-0.05, 0) is 19.1 Å². The van der Waals surface area contributed by atoms with E-state index in [1.165, 1.54) is 13.2 Å². The summed E-state index contributed by atoms with van der Waals surface area (Å²) in [6.07, 6.45) is 0. The van der Waals surface area contributed by atoms with Crippen LogP contribution in [0, 0.1) is 5.82 Å². The first kappa shape index (κ1) is 9.96. The minimum atomic E-state index is -0.310. The smallest absolute Gasteiger partial charge is 0.137 e. The molecule has 1 aromatic carbocycles. The van der Waals surface area contributed by atoms with Crippen molar-refractivity contribution in [2.45, 2.75) is 13.0 Å². The Bertz CT molecular complexity index is 404. The van der Waals surface area contributed by atoms with Crippen molar-refractivity contribution in [1.82, 2.24) is 5.32 Å². The van der Waals surface area contributed by atoms with Crippen LogP contribution < -0.4 is 10.1 Å². The molecule has 0 aliphatic carbocycles. The van der Waals surface area contributed by atoms with E-state index < -0.39 is 0 Å². The third-order valence-electron chi connectivity index (χ3n) is 2.34. The van der Waals surface area contributed by atoms with Crippen LogP contribution in [0.4, 0.5) is 4.39 Å². The molecule has 2 rings (SSSR count). The minimum absolute atomic E-state index is 0.254. The van der Waals surface area contributed by atoms with Gasteiger partial charge in [0.1, 0.15) is 17.4 Å². The fourth-order valence-corrected chi connectivity index (χ4v) is 1.61. The molecule has 0 spiro atoms. The average molecular weight is 208 g/mol. The summed E-state index contributed by atoms with van der Waals surface area (Å²) in [7, 11) is 1.53. The second-order valence-electron chi connectivity index (χ2n) is 3.55. The molecule has 0 amide bonds. The fraction of sp³-hybridized carbons (Fsp3) is 0.364. The molecule has 1 aliphatic rings. The van der Waals surface area contributed by atoms with Crippen LogP contribution in [0.25, 0.3) is 0 Å². The highest BCUT2D eigenvalue weighted by Gasteiger charge is 2.20. The minimum Gasteiger partial charge on any atom is -0.496 e. The van der Waals surface area contributed by atoms with E-state index in [2.05, 4.69) is 10.3 Å². The molecule has 1 heterocycles. The second kappa shape index (κ2) is 3.88. The lowest BCUT2D eigenvalue weighted by atomic mass is 10.1. The topological polar surface area (TPSA) is 33.6 Å². The Balaban J connectivity index is 2.43. The van der Waals surface area contributed by atoms with Gasteiger partial charge in [0.2, 0.25) is 0 Å². The zero-order valence-corrected chi connectivity index (χ0v) is 8.75. The molecule has 0 fully saturated rings. The number of methoxy groups -OCH3 is 1. The summed E-state index contributed by atoms with van der Waals surface area (Å²) in [6.45, 7) is 2.68. The molecule has 3 nitrogen and oxygen atoms in total. The Morgan fingerprint density at radius 1 is 1.53 bits per heavy atom. The van der Waals surface area contributed by atoms with Gasteiger partial charge >= 0.3 is 0 Å². The van der Waals surface area contributed by atoms with Crippen molar-refractivity contribution in [3.05, 3.63) is 29.6 Å². The van der Waals surface area contributed by atoms with Gasteiger partial charge in [0.25, 0.3) is 0 Å². The molecule has 0 bridgehead atoms. The van der Waals surface area contributed by atoms with E-state index in [9.17, 15) is 4.39 Å².